The van der Waals surface area contributed by atoms with Gasteiger partial charge in [-0.15, -0.1) is 0 Å². The number of aldehydes is 1. The molecule has 1 aromatic carbocycles. The number of halogens is 1. The highest BCUT2D eigenvalue weighted by Gasteiger charge is 2.25. The number of carbonyl (C=O) groups excluding carboxylic acids is 1. The van der Waals surface area contributed by atoms with Crippen molar-refractivity contribution in [3.05, 3.63) is 47.4 Å². The third-order valence-corrected chi connectivity index (χ3v) is 5.42. The summed E-state index contributed by atoms with van der Waals surface area (Å²) >= 11 is 0. The highest BCUT2D eigenvalue weighted by molar-refractivity contribution is 6.09. The quantitative estimate of drug-likeness (QED) is 0.391. The van der Waals surface area contributed by atoms with E-state index in [-0.39, 0.29) is 11.7 Å². The van der Waals surface area contributed by atoms with Crippen molar-refractivity contribution in [1.82, 2.24) is 9.88 Å². The van der Waals surface area contributed by atoms with Crippen LogP contribution in [0.1, 0.15) is 29.9 Å². The number of hydrogen-bond donors (Lipinski definition) is 3. The second-order valence-corrected chi connectivity index (χ2v) is 7.93. The zero-order valence-corrected chi connectivity index (χ0v) is 19.8. The molecule has 1 aliphatic rings. The monoisotopic (exact) mass is 459 g/mol. The van der Waals surface area contributed by atoms with Crippen LogP contribution in [0.4, 0.5) is 21.6 Å². The van der Waals surface area contributed by atoms with Gasteiger partial charge in [0.1, 0.15) is 17.3 Å². The zero-order valence-electron chi connectivity index (χ0n) is 19.8. The molecular weight excluding hydrogens is 425 g/mol. The molecule has 1 aliphatic heterocycles. The second-order valence-electron chi connectivity index (χ2n) is 7.93. The van der Waals surface area contributed by atoms with Gasteiger partial charge in [0.2, 0.25) is 0 Å². The number of aliphatic hydroxyl groups is 1. The van der Waals surface area contributed by atoms with E-state index in [1.54, 1.807) is 25.3 Å². The summed E-state index contributed by atoms with van der Waals surface area (Å²) < 4.78 is 18.5. The molecule has 1 aromatic heterocycles. The van der Waals surface area contributed by atoms with E-state index in [1.807, 2.05) is 13.8 Å². The fourth-order valence-electron chi connectivity index (χ4n) is 3.61. The molecule has 180 valence electrons. The number of hydrogen-bond acceptors (Lipinski definition) is 8. The lowest BCUT2D eigenvalue weighted by Gasteiger charge is -2.37. The van der Waals surface area contributed by atoms with Crippen molar-refractivity contribution in [1.29, 1.82) is 5.41 Å². The fraction of sp³-hybridized carbons (Fsp3) is 0.458. The lowest BCUT2D eigenvalue weighted by Crippen LogP contribution is -2.47. The van der Waals surface area contributed by atoms with Gasteiger partial charge in [-0.3, -0.25) is 9.69 Å². The highest BCUT2D eigenvalue weighted by atomic mass is 19.1. The van der Waals surface area contributed by atoms with E-state index in [0.717, 1.165) is 51.8 Å². The SMILES string of the molecule is CO.COCCN1CCN(c2cc(C=O)nc(Nc3ccc(F)cc3)c2C(=N)C(C)C)CC1. The lowest BCUT2D eigenvalue weighted by atomic mass is 9.97. The number of ether oxygens (including phenoxy) is 1. The molecule has 3 N–H and O–H groups in total. The van der Waals surface area contributed by atoms with Crippen LogP contribution in [0.25, 0.3) is 0 Å². The number of piperazine rings is 1. The van der Waals surface area contributed by atoms with Gasteiger partial charge in [0, 0.05) is 58.3 Å². The summed E-state index contributed by atoms with van der Waals surface area (Å²) in [6.45, 7) is 8.80. The van der Waals surface area contributed by atoms with Gasteiger partial charge in [0.05, 0.1) is 17.9 Å². The summed E-state index contributed by atoms with van der Waals surface area (Å²) in [6, 6.07) is 7.71. The number of aliphatic hydroxyl groups excluding tert-OH is 1. The van der Waals surface area contributed by atoms with E-state index < -0.39 is 0 Å². The molecule has 0 spiro atoms. The summed E-state index contributed by atoms with van der Waals surface area (Å²) in [7, 11) is 2.70. The molecule has 0 bridgehead atoms. The van der Waals surface area contributed by atoms with Crippen LogP contribution in [-0.4, -0.2) is 80.5 Å². The van der Waals surface area contributed by atoms with Crippen molar-refractivity contribution in [3.63, 3.8) is 0 Å². The first-order valence-corrected chi connectivity index (χ1v) is 11.0. The molecule has 8 nitrogen and oxygen atoms in total. The first kappa shape index (κ1) is 26.4. The van der Waals surface area contributed by atoms with Gasteiger partial charge < -0.3 is 25.5 Å². The number of benzene rings is 1. The fourth-order valence-corrected chi connectivity index (χ4v) is 3.61. The Labute approximate surface area is 194 Å². The normalized spacial score (nSPS) is 14.0. The van der Waals surface area contributed by atoms with Gasteiger partial charge >= 0.3 is 0 Å². The van der Waals surface area contributed by atoms with E-state index in [0.29, 0.717) is 35.1 Å². The number of nitrogens with one attached hydrogen (secondary N) is 2. The number of aromatic nitrogens is 1. The topological polar surface area (TPSA) is 102 Å². The number of methoxy groups -OCH3 is 1. The van der Waals surface area contributed by atoms with E-state index in [1.165, 1.54) is 12.1 Å². The van der Waals surface area contributed by atoms with Crippen LogP contribution in [0.2, 0.25) is 0 Å². The summed E-state index contributed by atoms with van der Waals surface area (Å²) in [5.41, 5.74) is 2.88. The molecule has 0 aliphatic carbocycles. The standard InChI is InChI=1S/C23H30FN5O2.CH4O/c1-16(2)22(25)21-20(29-10-8-28(9-11-29)12-13-31-3)14-19(15-30)27-23(21)26-18-6-4-17(24)5-7-18;1-2/h4-7,14-16,25H,8-13H2,1-3H3,(H,26,27);2H,1H3. The molecular formula is C24H34FN5O3. The van der Waals surface area contributed by atoms with Crippen molar-refractivity contribution >= 4 is 29.2 Å². The average Bonchev–Trinajstić information content (AvgIpc) is 2.84. The van der Waals surface area contributed by atoms with Crippen LogP contribution in [0, 0.1) is 17.1 Å². The maximum atomic E-state index is 13.3. The maximum absolute atomic E-state index is 13.3. The van der Waals surface area contributed by atoms with Gasteiger partial charge in [-0.1, -0.05) is 13.8 Å². The molecule has 2 aromatic rings. The first-order valence-electron chi connectivity index (χ1n) is 11.0. The molecule has 9 heteroatoms. The largest absolute Gasteiger partial charge is 0.400 e. The Morgan fingerprint density at radius 3 is 2.42 bits per heavy atom. The van der Waals surface area contributed by atoms with Gasteiger partial charge in [-0.2, -0.15) is 0 Å². The minimum atomic E-state index is -0.331. The Kier molecular flexibility index (Phi) is 10.4. The number of pyridine rings is 1. The smallest absolute Gasteiger partial charge is 0.168 e. The summed E-state index contributed by atoms with van der Waals surface area (Å²) in [6.07, 6.45) is 0.719. The highest BCUT2D eigenvalue weighted by Crippen LogP contribution is 2.32. The Bertz CT molecular complexity index is 913. The molecule has 0 radical (unpaired) electrons. The van der Waals surface area contributed by atoms with E-state index in [4.69, 9.17) is 15.3 Å². The van der Waals surface area contributed by atoms with Crippen LogP contribution in [0.15, 0.2) is 30.3 Å². The Morgan fingerprint density at radius 1 is 1.24 bits per heavy atom. The molecule has 0 amide bonds. The summed E-state index contributed by atoms with van der Waals surface area (Å²) in [5, 5.41) is 19.0. The van der Waals surface area contributed by atoms with Gasteiger partial charge in [0.15, 0.2) is 6.29 Å². The van der Waals surface area contributed by atoms with Crippen LogP contribution in [0.5, 0.6) is 0 Å². The van der Waals surface area contributed by atoms with Crippen molar-refractivity contribution in [3.8, 4) is 0 Å². The van der Waals surface area contributed by atoms with Crippen LogP contribution in [-0.2, 0) is 4.74 Å². The number of nitrogens with zero attached hydrogens (tertiary/aromatic N) is 3. The molecule has 1 fully saturated rings. The molecule has 3 rings (SSSR count). The van der Waals surface area contributed by atoms with Crippen molar-refractivity contribution in [2.24, 2.45) is 5.92 Å². The minimum absolute atomic E-state index is 0.0283. The van der Waals surface area contributed by atoms with Gasteiger partial charge in [-0.05, 0) is 36.2 Å². The summed E-state index contributed by atoms with van der Waals surface area (Å²) in [5.74, 6) is 0.0773. The maximum Gasteiger partial charge on any atom is 0.168 e. The van der Waals surface area contributed by atoms with Gasteiger partial charge in [0.25, 0.3) is 0 Å². The van der Waals surface area contributed by atoms with Gasteiger partial charge in [-0.25, -0.2) is 9.37 Å². The predicted molar refractivity (Wildman–Crippen MR) is 130 cm³/mol. The molecule has 33 heavy (non-hydrogen) atoms. The molecule has 1 saturated heterocycles. The second kappa shape index (κ2) is 13.0. The van der Waals surface area contributed by atoms with Crippen molar-refractivity contribution in [2.75, 3.05) is 63.8 Å². The Balaban J connectivity index is 0.00000187. The van der Waals surface area contributed by atoms with E-state index in [2.05, 4.69) is 20.1 Å². The third kappa shape index (κ3) is 7.05. The molecule has 0 saturated carbocycles. The average molecular weight is 460 g/mol. The predicted octanol–water partition coefficient (Wildman–Crippen LogP) is 3.18. The Hall–Kier alpha value is -2.88. The van der Waals surface area contributed by atoms with E-state index in [9.17, 15) is 9.18 Å². The first-order chi connectivity index (χ1) is 15.9. The minimum Gasteiger partial charge on any atom is -0.400 e. The number of carbonyl (C=O) groups is 1. The van der Waals surface area contributed by atoms with Crippen molar-refractivity contribution in [2.45, 2.75) is 13.8 Å². The third-order valence-electron chi connectivity index (χ3n) is 5.42. The molecule has 0 unspecified atom stereocenters. The summed E-state index contributed by atoms with van der Waals surface area (Å²) in [4.78, 5) is 20.6. The molecule has 0 atom stereocenters. The number of anilines is 3. The number of rotatable bonds is 9. The van der Waals surface area contributed by atoms with Crippen LogP contribution < -0.4 is 10.2 Å². The van der Waals surface area contributed by atoms with Crippen LogP contribution >= 0.6 is 0 Å². The van der Waals surface area contributed by atoms with Crippen molar-refractivity contribution < 1.29 is 19.0 Å². The van der Waals surface area contributed by atoms with E-state index >= 15 is 0 Å². The van der Waals surface area contributed by atoms with Crippen LogP contribution in [0.3, 0.4) is 0 Å². The molecule has 2 heterocycles. The Morgan fingerprint density at radius 2 is 1.88 bits per heavy atom. The zero-order chi connectivity index (χ0) is 24.4. The lowest BCUT2D eigenvalue weighted by molar-refractivity contribution is 0.111.